The molecule has 0 saturated heterocycles. The molecule has 1 amide bonds. The van der Waals surface area contributed by atoms with E-state index in [2.05, 4.69) is 11.4 Å². The Morgan fingerprint density at radius 3 is 2.58 bits per heavy atom. The first kappa shape index (κ1) is 14.9. The smallest absolute Gasteiger partial charge is 0.277 e. The molecule has 0 unspecified atom stereocenters. The molecule has 2 rings (SSSR count). The summed E-state index contributed by atoms with van der Waals surface area (Å²) in [5, 5.41) is 12.3. The van der Waals surface area contributed by atoms with Crippen LogP contribution >= 0.6 is 46.1 Å². The maximum atomic E-state index is 11.7. The zero-order valence-electron chi connectivity index (χ0n) is 9.93. The molecular weight excluding hydrogens is 327 g/mol. The fourth-order valence-electron chi connectivity index (χ4n) is 2.12. The van der Waals surface area contributed by atoms with Crippen LogP contribution in [0.2, 0.25) is 0 Å². The summed E-state index contributed by atoms with van der Waals surface area (Å²) in [7, 11) is 0. The lowest BCUT2D eigenvalue weighted by molar-refractivity contribution is -0.115. The minimum Gasteiger partial charge on any atom is -0.313 e. The molecule has 1 aromatic rings. The van der Waals surface area contributed by atoms with Gasteiger partial charge < -0.3 is 5.32 Å². The van der Waals surface area contributed by atoms with Crippen molar-refractivity contribution < 1.29 is 4.79 Å². The molecule has 0 fully saturated rings. The van der Waals surface area contributed by atoms with E-state index in [1.807, 2.05) is 0 Å². The topological polar surface area (TPSA) is 52.9 Å². The van der Waals surface area contributed by atoms with Crippen LogP contribution in [0.5, 0.6) is 0 Å². The number of fused-ring (bicyclic) bond motifs is 1. The first-order valence-corrected chi connectivity index (χ1v) is 7.81. The second-order valence-corrected chi connectivity index (χ2v) is 7.72. The zero-order valence-corrected chi connectivity index (χ0v) is 13.0. The number of carbonyl (C=O) groups excluding carboxylic acids is 1. The molecular formula is C12H11Cl3N2OS. The van der Waals surface area contributed by atoms with Gasteiger partial charge >= 0.3 is 0 Å². The highest BCUT2D eigenvalue weighted by Crippen LogP contribution is 2.38. The number of hydrogen-bond donors (Lipinski definition) is 1. The number of halogens is 3. The fraction of sp³-hybridized carbons (Fsp3) is 0.500. The summed E-state index contributed by atoms with van der Waals surface area (Å²) in [5.41, 5.74) is 1.56. The monoisotopic (exact) mass is 336 g/mol. The van der Waals surface area contributed by atoms with Gasteiger partial charge in [0.05, 0.1) is 5.56 Å². The van der Waals surface area contributed by atoms with Crippen molar-refractivity contribution >= 4 is 57.0 Å². The highest BCUT2D eigenvalue weighted by atomic mass is 35.6. The number of rotatable bonds is 1. The number of thiophene rings is 1. The first-order chi connectivity index (χ1) is 8.93. The maximum absolute atomic E-state index is 11.7. The Kier molecular flexibility index (Phi) is 4.62. The van der Waals surface area contributed by atoms with Gasteiger partial charge in [0.15, 0.2) is 0 Å². The number of anilines is 1. The number of aryl methyl sites for hydroxylation is 1. The van der Waals surface area contributed by atoms with E-state index in [9.17, 15) is 10.1 Å². The molecule has 0 aliphatic heterocycles. The first-order valence-electron chi connectivity index (χ1n) is 5.86. The molecule has 7 heteroatoms. The van der Waals surface area contributed by atoms with Crippen LogP contribution in [-0.2, 0) is 17.6 Å². The molecule has 0 radical (unpaired) electrons. The molecule has 0 aromatic carbocycles. The summed E-state index contributed by atoms with van der Waals surface area (Å²) >= 11 is 18.0. The third kappa shape index (κ3) is 3.35. The molecule has 1 aliphatic rings. The van der Waals surface area contributed by atoms with Gasteiger partial charge in [-0.25, -0.2) is 0 Å². The summed E-state index contributed by atoms with van der Waals surface area (Å²) in [4.78, 5) is 12.8. The van der Waals surface area contributed by atoms with Crippen LogP contribution in [-0.4, -0.2) is 9.70 Å². The van der Waals surface area contributed by atoms with Crippen molar-refractivity contribution in [2.45, 2.75) is 35.9 Å². The van der Waals surface area contributed by atoms with E-state index in [4.69, 9.17) is 34.8 Å². The largest absolute Gasteiger partial charge is 0.313 e. The average Bonchev–Trinajstić information content (AvgIpc) is 2.50. The quantitative estimate of drug-likeness (QED) is 0.617. The van der Waals surface area contributed by atoms with E-state index >= 15 is 0 Å². The Hall–Kier alpha value is -0.470. The lowest BCUT2D eigenvalue weighted by Crippen LogP contribution is -2.26. The van der Waals surface area contributed by atoms with E-state index in [0.717, 1.165) is 36.1 Å². The molecule has 0 spiro atoms. The van der Waals surface area contributed by atoms with Crippen LogP contribution in [0.15, 0.2) is 0 Å². The number of alkyl halides is 3. The van der Waals surface area contributed by atoms with Crippen LogP contribution in [0.25, 0.3) is 0 Å². The molecule has 1 aromatic heterocycles. The Labute approximate surface area is 130 Å². The maximum Gasteiger partial charge on any atom is 0.277 e. The lowest BCUT2D eigenvalue weighted by Gasteiger charge is -2.10. The van der Waals surface area contributed by atoms with Gasteiger partial charge in [0.2, 0.25) is 0 Å². The fourth-order valence-corrected chi connectivity index (χ4v) is 3.50. The zero-order chi connectivity index (χ0) is 14.0. The second kappa shape index (κ2) is 5.88. The Morgan fingerprint density at radius 1 is 1.26 bits per heavy atom. The molecule has 0 saturated carbocycles. The predicted molar refractivity (Wildman–Crippen MR) is 79.2 cm³/mol. The van der Waals surface area contributed by atoms with Crippen molar-refractivity contribution in [3.05, 3.63) is 16.0 Å². The van der Waals surface area contributed by atoms with Crippen molar-refractivity contribution in [1.29, 1.82) is 5.26 Å². The van der Waals surface area contributed by atoms with E-state index in [1.54, 1.807) is 0 Å². The van der Waals surface area contributed by atoms with Gasteiger partial charge in [-0.05, 0) is 31.2 Å². The van der Waals surface area contributed by atoms with Crippen molar-refractivity contribution in [2.75, 3.05) is 5.32 Å². The summed E-state index contributed by atoms with van der Waals surface area (Å²) in [6, 6.07) is 2.15. The second-order valence-electron chi connectivity index (χ2n) is 4.33. The van der Waals surface area contributed by atoms with E-state index in [0.29, 0.717) is 10.6 Å². The van der Waals surface area contributed by atoms with E-state index < -0.39 is 9.70 Å². The van der Waals surface area contributed by atoms with Crippen molar-refractivity contribution in [1.82, 2.24) is 0 Å². The number of nitrogens with zero attached hydrogens (tertiary/aromatic N) is 1. The van der Waals surface area contributed by atoms with Gasteiger partial charge in [-0.3, -0.25) is 4.79 Å². The van der Waals surface area contributed by atoms with Crippen LogP contribution < -0.4 is 5.32 Å². The number of hydrogen-bond acceptors (Lipinski definition) is 3. The van der Waals surface area contributed by atoms with Crippen LogP contribution in [0.1, 0.15) is 35.3 Å². The number of nitriles is 1. The molecule has 102 valence electrons. The van der Waals surface area contributed by atoms with Crippen LogP contribution in [0, 0.1) is 11.3 Å². The number of carbonyl (C=O) groups is 1. The molecule has 1 N–H and O–H groups in total. The highest BCUT2D eigenvalue weighted by Gasteiger charge is 2.32. The molecule has 19 heavy (non-hydrogen) atoms. The molecule has 0 atom stereocenters. The average molecular weight is 338 g/mol. The van der Waals surface area contributed by atoms with Gasteiger partial charge in [0.25, 0.3) is 9.70 Å². The van der Waals surface area contributed by atoms with Gasteiger partial charge in [0.1, 0.15) is 11.1 Å². The molecule has 1 aliphatic carbocycles. The van der Waals surface area contributed by atoms with E-state index in [-0.39, 0.29) is 0 Å². The van der Waals surface area contributed by atoms with Crippen LogP contribution in [0.3, 0.4) is 0 Å². The van der Waals surface area contributed by atoms with Gasteiger partial charge in [-0.2, -0.15) is 5.26 Å². The lowest BCUT2D eigenvalue weighted by atomic mass is 10.1. The standard InChI is InChI=1S/C12H11Cl3N2OS/c13-12(14,15)11(18)17-10-8(6-16)7-4-2-1-3-5-9(7)19-10/h1-5H2,(H,17,18). The summed E-state index contributed by atoms with van der Waals surface area (Å²) in [6.45, 7) is 0. The van der Waals surface area contributed by atoms with Gasteiger partial charge in [-0.1, -0.05) is 41.2 Å². The minimum absolute atomic E-state index is 0.491. The summed E-state index contributed by atoms with van der Waals surface area (Å²) in [6.07, 6.45) is 5.16. The van der Waals surface area contributed by atoms with Crippen LogP contribution in [0.4, 0.5) is 5.00 Å². The number of nitrogens with one attached hydrogen (secondary N) is 1. The highest BCUT2D eigenvalue weighted by molar-refractivity contribution is 7.16. The third-order valence-corrected chi connectivity index (χ3v) is 4.74. The van der Waals surface area contributed by atoms with Crippen molar-refractivity contribution in [2.24, 2.45) is 0 Å². The SMILES string of the molecule is N#Cc1c(NC(=O)C(Cl)(Cl)Cl)sc2c1CCCCC2. The van der Waals surface area contributed by atoms with Crippen molar-refractivity contribution in [3.8, 4) is 6.07 Å². The minimum atomic E-state index is -2.02. The van der Waals surface area contributed by atoms with Gasteiger partial charge in [-0.15, -0.1) is 11.3 Å². The normalized spacial score (nSPS) is 15.3. The van der Waals surface area contributed by atoms with Gasteiger partial charge in [0, 0.05) is 4.88 Å². The predicted octanol–water partition coefficient (Wildman–Crippen LogP) is 4.20. The Morgan fingerprint density at radius 2 is 1.95 bits per heavy atom. The third-order valence-electron chi connectivity index (χ3n) is 3.02. The molecule has 3 nitrogen and oxygen atoms in total. The summed E-state index contributed by atoms with van der Waals surface area (Å²) < 4.78 is -2.02. The van der Waals surface area contributed by atoms with E-state index in [1.165, 1.54) is 17.8 Å². The molecule has 0 bridgehead atoms. The van der Waals surface area contributed by atoms with Crippen molar-refractivity contribution in [3.63, 3.8) is 0 Å². The number of amides is 1. The Bertz CT molecular complexity index is 542. The summed E-state index contributed by atoms with van der Waals surface area (Å²) in [5.74, 6) is -0.731. The Balaban J connectivity index is 2.32. The molecule has 1 heterocycles.